The van der Waals surface area contributed by atoms with Crippen molar-refractivity contribution < 1.29 is 41.9 Å². The zero-order valence-corrected chi connectivity index (χ0v) is 18.2. The number of para-hydroxylation sites is 1. The van der Waals surface area contributed by atoms with Crippen LogP contribution in [0.3, 0.4) is 0 Å². The van der Waals surface area contributed by atoms with Crippen LogP contribution in [0.5, 0.6) is 11.5 Å². The molecule has 0 aliphatic rings. The molecule has 3 rings (SSSR count). The Morgan fingerprint density at radius 3 is 2.41 bits per heavy atom. The Morgan fingerprint density at radius 1 is 1.06 bits per heavy atom. The number of halogens is 2. The molecular weight excluding hydrogens is 454 g/mol. The number of carbonyl (C=O) groups is 3. The quantitative estimate of drug-likeness (QED) is 0.468. The van der Waals surface area contributed by atoms with Crippen LogP contribution in [-0.2, 0) is 16.1 Å². The number of aryl methyl sites for hydroxylation is 2. The van der Waals surface area contributed by atoms with Gasteiger partial charge in [-0.2, -0.15) is 8.78 Å². The first-order valence-corrected chi connectivity index (χ1v) is 9.94. The van der Waals surface area contributed by atoms with Gasteiger partial charge in [0.25, 0.3) is 11.8 Å². The lowest BCUT2D eigenvalue weighted by Crippen LogP contribution is -2.34. The van der Waals surface area contributed by atoms with E-state index in [0.29, 0.717) is 11.5 Å². The molecule has 0 spiro atoms. The second-order valence-corrected chi connectivity index (χ2v) is 6.94. The summed E-state index contributed by atoms with van der Waals surface area (Å²) in [5.41, 5.74) is 1.52. The number of hydrogen-bond donors (Lipinski definition) is 1. The summed E-state index contributed by atoms with van der Waals surface area (Å²) in [5, 5.41) is 5.88. The molecule has 0 aliphatic carbocycles. The molecule has 178 valence electrons. The summed E-state index contributed by atoms with van der Waals surface area (Å²) in [5.74, 6) is -1.81. The Labute approximate surface area is 192 Å². The molecule has 9 nitrogen and oxygen atoms in total. The summed E-state index contributed by atoms with van der Waals surface area (Å²) >= 11 is 0. The van der Waals surface area contributed by atoms with E-state index in [9.17, 15) is 23.2 Å². The molecule has 2 aromatic carbocycles. The normalized spacial score (nSPS) is 10.6. The number of alkyl halides is 2. The molecule has 0 bridgehead atoms. The summed E-state index contributed by atoms with van der Waals surface area (Å²) in [7, 11) is 0. The molecule has 0 radical (unpaired) electrons. The van der Waals surface area contributed by atoms with Crippen LogP contribution in [0.4, 0.5) is 8.78 Å². The predicted molar refractivity (Wildman–Crippen MR) is 113 cm³/mol. The summed E-state index contributed by atoms with van der Waals surface area (Å²) < 4.78 is 44.4. The van der Waals surface area contributed by atoms with Gasteiger partial charge in [-0.05, 0) is 50.2 Å². The van der Waals surface area contributed by atoms with Crippen LogP contribution in [0.1, 0.15) is 37.7 Å². The van der Waals surface area contributed by atoms with Gasteiger partial charge in [0.15, 0.2) is 6.61 Å². The number of imide groups is 1. The minimum absolute atomic E-state index is 0.0272. The van der Waals surface area contributed by atoms with Crippen molar-refractivity contribution in [1.29, 1.82) is 0 Å². The van der Waals surface area contributed by atoms with Gasteiger partial charge in [0.2, 0.25) is 0 Å². The van der Waals surface area contributed by atoms with E-state index in [2.05, 4.69) is 9.89 Å². The number of amides is 2. The Balaban J connectivity index is 1.54. The van der Waals surface area contributed by atoms with Crippen LogP contribution in [0, 0.1) is 13.8 Å². The van der Waals surface area contributed by atoms with Crippen molar-refractivity contribution in [3.8, 4) is 11.5 Å². The third kappa shape index (κ3) is 6.37. The second-order valence-electron chi connectivity index (χ2n) is 6.94. The predicted octanol–water partition coefficient (Wildman–Crippen LogP) is 3.59. The molecule has 11 heteroatoms. The topological polar surface area (TPSA) is 117 Å². The molecule has 3 aromatic rings. The Morgan fingerprint density at radius 2 is 1.76 bits per heavy atom. The minimum Gasteiger partial charge on any atom is -0.488 e. The molecule has 0 saturated heterocycles. The molecule has 1 N–H and O–H groups in total. The first kappa shape index (κ1) is 24.4. The van der Waals surface area contributed by atoms with Crippen molar-refractivity contribution in [2.45, 2.75) is 27.1 Å². The molecule has 0 atom stereocenters. The van der Waals surface area contributed by atoms with Crippen molar-refractivity contribution in [3.05, 3.63) is 76.7 Å². The number of nitrogens with zero attached hydrogens (tertiary/aromatic N) is 1. The number of nitrogens with one attached hydrogen (secondary N) is 1. The lowest BCUT2D eigenvalue weighted by Gasteiger charge is -2.11. The van der Waals surface area contributed by atoms with E-state index in [1.807, 2.05) is 5.32 Å². The molecular formula is C23H20F2N2O7. The first-order chi connectivity index (χ1) is 16.2. The number of ether oxygens (including phenoxy) is 3. The lowest BCUT2D eigenvalue weighted by molar-refractivity contribution is -0.123. The highest BCUT2D eigenvalue weighted by Gasteiger charge is 2.18. The van der Waals surface area contributed by atoms with Crippen LogP contribution in [0.15, 0.2) is 53.1 Å². The first-order valence-electron chi connectivity index (χ1n) is 9.94. The maximum Gasteiger partial charge on any atom is 0.387 e. The van der Waals surface area contributed by atoms with Crippen molar-refractivity contribution in [2.24, 2.45) is 0 Å². The van der Waals surface area contributed by atoms with Gasteiger partial charge in [-0.25, -0.2) is 4.79 Å². The van der Waals surface area contributed by atoms with E-state index >= 15 is 0 Å². The number of carbonyl (C=O) groups excluding carboxylic acids is 3. The van der Waals surface area contributed by atoms with Crippen LogP contribution < -0.4 is 14.8 Å². The monoisotopic (exact) mass is 474 g/mol. The van der Waals surface area contributed by atoms with E-state index in [1.165, 1.54) is 18.2 Å². The SMILES string of the molecule is Cc1noc(C)c1COc1ccccc1C(=O)OCC(=O)NC(=O)c1ccc(OC(F)F)cc1. The molecule has 0 unspecified atom stereocenters. The standard InChI is InChI=1S/C23H20F2N2O7/c1-13-18(14(2)34-27-13)11-31-19-6-4-3-5-17(19)22(30)32-12-20(28)26-21(29)15-7-9-16(10-8-15)33-23(24)25/h3-10,23H,11-12H2,1-2H3,(H,26,28,29). The summed E-state index contributed by atoms with van der Waals surface area (Å²) in [6.45, 7) is -0.107. The zero-order valence-electron chi connectivity index (χ0n) is 18.2. The van der Waals surface area contributed by atoms with E-state index in [1.54, 1.807) is 32.0 Å². The molecule has 0 fully saturated rings. The third-order valence-electron chi connectivity index (χ3n) is 4.59. The summed E-state index contributed by atoms with van der Waals surface area (Å²) in [6.07, 6.45) is 0. The van der Waals surface area contributed by atoms with Crippen LogP contribution in [-0.4, -0.2) is 36.2 Å². The Kier molecular flexibility index (Phi) is 7.91. The van der Waals surface area contributed by atoms with Crippen LogP contribution >= 0.6 is 0 Å². The molecule has 1 aromatic heterocycles. The highest BCUT2D eigenvalue weighted by Crippen LogP contribution is 2.22. The van der Waals surface area contributed by atoms with Crippen molar-refractivity contribution in [1.82, 2.24) is 10.5 Å². The second kappa shape index (κ2) is 11.0. The van der Waals surface area contributed by atoms with Crippen LogP contribution in [0.2, 0.25) is 0 Å². The largest absolute Gasteiger partial charge is 0.488 e. The fourth-order valence-electron chi connectivity index (χ4n) is 2.85. The highest BCUT2D eigenvalue weighted by atomic mass is 19.3. The molecule has 2 amide bonds. The summed E-state index contributed by atoms with van der Waals surface area (Å²) in [4.78, 5) is 36.6. The average molecular weight is 474 g/mol. The van der Waals surface area contributed by atoms with Crippen LogP contribution in [0.25, 0.3) is 0 Å². The molecule has 34 heavy (non-hydrogen) atoms. The Bertz CT molecular complexity index is 1160. The van der Waals surface area contributed by atoms with E-state index in [-0.39, 0.29) is 29.2 Å². The van der Waals surface area contributed by atoms with Crippen molar-refractivity contribution in [2.75, 3.05) is 6.61 Å². The number of hydrogen-bond acceptors (Lipinski definition) is 8. The van der Waals surface area contributed by atoms with E-state index in [0.717, 1.165) is 17.7 Å². The third-order valence-corrected chi connectivity index (χ3v) is 4.59. The van der Waals surface area contributed by atoms with Gasteiger partial charge < -0.3 is 18.7 Å². The molecule has 0 saturated carbocycles. The van der Waals surface area contributed by atoms with Gasteiger partial charge in [-0.1, -0.05) is 17.3 Å². The Hall–Kier alpha value is -4.28. The maximum absolute atomic E-state index is 12.5. The average Bonchev–Trinajstić information content (AvgIpc) is 3.13. The fraction of sp³-hybridized carbons (Fsp3) is 0.217. The number of esters is 1. The van der Waals surface area contributed by atoms with Gasteiger partial charge in [0.1, 0.15) is 29.4 Å². The van der Waals surface area contributed by atoms with Crippen molar-refractivity contribution in [3.63, 3.8) is 0 Å². The maximum atomic E-state index is 12.5. The van der Waals surface area contributed by atoms with E-state index < -0.39 is 31.0 Å². The van der Waals surface area contributed by atoms with Gasteiger partial charge in [-0.3, -0.25) is 14.9 Å². The minimum atomic E-state index is -3.00. The lowest BCUT2D eigenvalue weighted by atomic mass is 10.2. The summed E-state index contributed by atoms with van der Waals surface area (Å²) in [6, 6.07) is 11.0. The van der Waals surface area contributed by atoms with Gasteiger partial charge >= 0.3 is 12.6 Å². The molecule has 0 aliphatic heterocycles. The van der Waals surface area contributed by atoms with Crippen molar-refractivity contribution >= 4 is 17.8 Å². The highest BCUT2D eigenvalue weighted by molar-refractivity contribution is 6.05. The van der Waals surface area contributed by atoms with Gasteiger partial charge in [0.05, 0.1) is 11.3 Å². The fourth-order valence-corrected chi connectivity index (χ4v) is 2.85. The smallest absolute Gasteiger partial charge is 0.387 e. The number of aromatic nitrogens is 1. The number of benzene rings is 2. The number of rotatable bonds is 9. The van der Waals surface area contributed by atoms with Gasteiger partial charge in [-0.15, -0.1) is 0 Å². The van der Waals surface area contributed by atoms with E-state index in [4.69, 9.17) is 14.0 Å². The zero-order chi connectivity index (χ0) is 24.7. The molecule has 1 heterocycles. The van der Waals surface area contributed by atoms with Gasteiger partial charge in [0, 0.05) is 5.56 Å².